The van der Waals surface area contributed by atoms with Gasteiger partial charge in [0.2, 0.25) is 5.91 Å². The van der Waals surface area contributed by atoms with Crippen molar-refractivity contribution in [2.75, 3.05) is 13.6 Å². The summed E-state index contributed by atoms with van der Waals surface area (Å²) in [6.07, 6.45) is -16.9. The van der Waals surface area contributed by atoms with Gasteiger partial charge in [-0.2, -0.15) is 39.5 Å². The summed E-state index contributed by atoms with van der Waals surface area (Å²) in [6.45, 7) is -1.65. The fourth-order valence-corrected chi connectivity index (χ4v) is 4.18. The molecule has 0 radical (unpaired) electrons. The zero-order valence-corrected chi connectivity index (χ0v) is 22.9. The van der Waals surface area contributed by atoms with Crippen LogP contribution in [0.25, 0.3) is 5.83 Å². The van der Waals surface area contributed by atoms with E-state index in [1.165, 1.54) is 0 Å². The lowest BCUT2D eigenvalue weighted by molar-refractivity contribution is -0.158. The number of amides is 1. The summed E-state index contributed by atoms with van der Waals surface area (Å²) < 4.78 is 135. The Bertz CT molecular complexity index is 1280. The number of ketones is 1. The highest BCUT2D eigenvalue weighted by molar-refractivity contribution is 9.10. The summed E-state index contributed by atoms with van der Waals surface area (Å²) in [5.74, 6) is -6.86. The van der Waals surface area contributed by atoms with E-state index in [0.29, 0.717) is 12.1 Å². The SMILES string of the molecule is CN(CC(F)(F)F)C(=O)CCC(=O)c1ccc(/C(F)=C/C(c2cc(Cl)c(Br)c(Cl)c2)C(F)(F)F)cc1C(F)(F)F. The van der Waals surface area contributed by atoms with Crippen molar-refractivity contribution in [3.63, 3.8) is 0 Å². The van der Waals surface area contributed by atoms with Crippen LogP contribution in [0.15, 0.2) is 40.9 Å². The van der Waals surface area contributed by atoms with Crippen LogP contribution >= 0.6 is 39.1 Å². The Morgan fingerprint density at radius 1 is 0.950 bits per heavy atom. The quantitative estimate of drug-likeness (QED) is 0.157. The lowest BCUT2D eigenvalue weighted by Gasteiger charge is -2.19. The number of halogens is 13. The van der Waals surface area contributed by atoms with Crippen LogP contribution in [0, 0.1) is 0 Å². The van der Waals surface area contributed by atoms with Gasteiger partial charge in [-0.05, 0) is 45.8 Å². The summed E-state index contributed by atoms with van der Waals surface area (Å²) in [5, 5.41) is -0.480. The highest BCUT2D eigenvalue weighted by Crippen LogP contribution is 2.43. The lowest BCUT2D eigenvalue weighted by Crippen LogP contribution is -2.35. The van der Waals surface area contributed by atoms with Gasteiger partial charge in [-0.15, -0.1) is 0 Å². The molecular weight excluding hydrogens is 675 g/mol. The molecule has 0 N–H and O–H groups in total. The zero-order valence-electron chi connectivity index (χ0n) is 19.8. The Morgan fingerprint density at radius 2 is 1.50 bits per heavy atom. The van der Waals surface area contributed by atoms with Crippen LogP contribution in [-0.4, -0.2) is 42.5 Å². The fraction of sp³-hybridized carbons (Fsp3) is 0.333. The Morgan fingerprint density at radius 3 is 1.98 bits per heavy atom. The van der Waals surface area contributed by atoms with Gasteiger partial charge in [-0.1, -0.05) is 35.3 Å². The van der Waals surface area contributed by atoms with Gasteiger partial charge in [0, 0.05) is 31.0 Å². The summed E-state index contributed by atoms with van der Waals surface area (Å²) in [4.78, 5) is 24.5. The van der Waals surface area contributed by atoms with Gasteiger partial charge in [-0.25, -0.2) is 4.39 Å². The van der Waals surface area contributed by atoms with Crippen molar-refractivity contribution < 1.29 is 53.5 Å². The van der Waals surface area contributed by atoms with E-state index in [-0.39, 0.29) is 31.6 Å². The third-order valence-electron chi connectivity index (χ3n) is 5.34. The minimum absolute atomic E-state index is 0.0159. The molecule has 40 heavy (non-hydrogen) atoms. The number of hydrogen-bond acceptors (Lipinski definition) is 2. The van der Waals surface area contributed by atoms with Crippen molar-refractivity contribution in [3.8, 4) is 0 Å². The molecule has 2 rings (SSSR count). The molecule has 0 aliphatic carbocycles. The second-order valence-corrected chi connectivity index (χ2v) is 9.99. The van der Waals surface area contributed by atoms with Crippen molar-refractivity contribution in [1.82, 2.24) is 4.90 Å². The van der Waals surface area contributed by atoms with Crippen LogP contribution in [0.4, 0.5) is 43.9 Å². The fourth-order valence-electron chi connectivity index (χ4n) is 3.45. The summed E-state index contributed by atoms with van der Waals surface area (Å²) in [7, 11) is 0.787. The summed E-state index contributed by atoms with van der Waals surface area (Å²) in [5.41, 5.74) is -4.32. The highest BCUT2D eigenvalue weighted by atomic mass is 79.9. The molecule has 1 unspecified atom stereocenters. The van der Waals surface area contributed by atoms with Crippen LogP contribution in [0.2, 0.25) is 10.0 Å². The maximum absolute atomic E-state index is 15.0. The smallest absolute Gasteiger partial charge is 0.337 e. The number of carbonyl (C=O) groups is 2. The Kier molecular flexibility index (Phi) is 10.7. The number of benzene rings is 2. The number of nitrogens with zero attached hydrogens (tertiary/aromatic N) is 1. The topological polar surface area (TPSA) is 37.4 Å². The minimum Gasteiger partial charge on any atom is -0.337 e. The van der Waals surface area contributed by atoms with E-state index in [2.05, 4.69) is 15.9 Å². The average Bonchev–Trinajstić information content (AvgIpc) is 2.80. The molecule has 0 fully saturated rings. The molecule has 1 atom stereocenters. The zero-order chi connectivity index (χ0) is 30.8. The molecule has 0 saturated carbocycles. The maximum Gasteiger partial charge on any atom is 0.417 e. The number of rotatable bonds is 8. The molecule has 1 amide bonds. The molecule has 16 heteroatoms. The van der Waals surface area contributed by atoms with E-state index in [1.807, 2.05) is 0 Å². The molecule has 2 aromatic carbocycles. The summed E-state index contributed by atoms with van der Waals surface area (Å²) >= 11 is 14.6. The number of alkyl halides is 9. The predicted octanol–water partition coefficient (Wildman–Crippen LogP) is 9.41. The Balaban J connectivity index is 2.42. The molecule has 0 aliphatic rings. The first-order valence-corrected chi connectivity index (χ1v) is 12.3. The van der Waals surface area contributed by atoms with Gasteiger partial charge in [0.05, 0.1) is 20.1 Å². The third kappa shape index (κ3) is 9.10. The Hall–Kier alpha value is -2.32. The van der Waals surface area contributed by atoms with E-state index in [4.69, 9.17) is 23.2 Å². The minimum atomic E-state index is -5.28. The third-order valence-corrected chi connectivity index (χ3v) is 7.25. The first-order chi connectivity index (χ1) is 18.1. The highest BCUT2D eigenvalue weighted by Gasteiger charge is 2.41. The van der Waals surface area contributed by atoms with Gasteiger partial charge in [-0.3, -0.25) is 9.59 Å². The van der Waals surface area contributed by atoms with Crippen LogP contribution in [0.5, 0.6) is 0 Å². The monoisotopic (exact) mass is 689 g/mol. The Labute approximate surface area is 238 Å². The van der Waals surface area contributed by atoms with E-state index in [1.54, 1.807) is 0 Å². The normalized spacial score (nSPS) is 13.8. The molecule has 0 saturated heterocycles. The average molecular weight is 691 g/mol. The number of Topliss-reactive ketones (excluding diaryl/α,β-unsaturated/α-hetero) is 1. The predicted molar refractivity (Wildman–Crippen MR) is 131 cm³/mol. The van der Waals surface area contributed by atoms with Crippen LogP contribution < -0.4 is 0 Å². The van der Waals surface area contributed by atoms with Crippen molar-refractivity contribution in [1.29, 1.82) is 0 Å². The van der Waals surface area contributed by atoms with Gasteiger partial charge in [0.15, 0.2) is 5.78 Å². The van der Waals surface area contributed by atoms with Gasteiger partial charge in [0.1, 0.15) is 18.3 Å². The molecule has 0 heterocycles. The molecule has 0 aliphatic heterocycles. The van der Waals surface area contributed by atoms with Gasteiger partial charge in [0.25, 0.3) is 0 Å². The van der Waals surface area contributed by atoms with Crippen molar-refractivity contribution in [3.05, 3.63) is 73.2 Å². The lowest BCUT2D eigenvalue weighted by atomic mass is 9.94. The van der Waals surface area contributed by atoms with Gasteiger partial charge < -0.3 is 4.90 Å². The first-order valence-electron chi connectivity index (χ1n) is 10.8. The van der Waals surface area contributed by atoms with E-state index in [0.717, 1.165) is 19.2 Å². The van der Waals surface area contributed by atoms with Crippen LogP contribution in [0.3, 0.4) is 0 Å². The van der Waals surface area contributed by atoms with E-state index >= 15 is 0 Å². The number of allylic oxidation sites excluding steroid dienone is 1. The largest absolute Gasteiger partial charge is 0.417 e. The molecule has 3 nitrogen and oxygen atoms in total. The second-order valence-electron chi connectivity index (χ2n) is 8.38. The first kappa shape index (κ1) is 33.9. The van der Waals surface area contributed by atoms with E-state index < -0.39 is 83.6 Å². The molecule has 0 bridgehead atoms. The molecule has 220 valence electrons. The summed E-state index contributed by atoms with van der Waals surface area (Å²) in [6, 6.07) is 2.94. The van der Waals surface area contributed by atoms with Crippen molar-refractivity contribution >= 4 is 56.6 Å². The van der Waals surface area contributed by atoms with Gasteiger partial charge >= 0.3 is 18.5 Å². The van der Waals surface area contributed by atoms with Crippen LogP contribution in [0.1, 0.15) is 45.8 Å². The molecule has 0 aromatic heterocycles. The molecular formula is C24H16BrCl2F10NO2. The van der Waals surface area contributed by atoms with Crippen molar-refractivity contribution in [2.45, 2.75) is 37.3 Å². The standard InChI is InChI=1S/C24H16BrCl2F10NO2/c1-38(10-22(29,30)31)20(40)5-4-19(39)13-3-2-11(6-15(13)24(35,36)37)18(28)9-14(23(32,33)34)12-7-16(26)21(25)17(27)8-12/h2-3,6-9,14H,4-5,10H2,1H3/b18-9-. The second kappa shape index (κ2) is 12.7. The maximum atomic E-state index is 15.0. The van der Waals surface area contributed by atoms with Crippen molar-refractivity contribution in [2.24, 2.45) is 0 Å². The molecule has 0 spiro atoms. The van der Waals surface area contributed by atoms with E-state index in [9.17, 15) is 53.5 Å². The molecule has 2 aromatic rings. The number of hydrogen-bond donors (Lipinski definition) is 0. The van der Waals surface area contributed by atoms with Crippen LogP contribution in [-0.2, 0) is 11.0 Å². The number of carbonyl (C=O) groups excluding carboxylic acids is 2.